The predicted octanol–water partition coefficient (Wildman–Crippen LogP) is 5.72. The molecule has 1 saturated carbocycles. The molecule has 0 saturated heterocycles. The highest BCUT2D eigenvalue weighted by molar-refractivity contribution is 5.62. The van der Waals surface area contributed by atoms with Crippen LogP contribution in [0.15, 0.2) is 24.3 Å². The van der Waals surface area contributed by atoms with E-state index in [9.17, 15) is 23.4 Å². The minimum Gasteiger partial charge on any atom is -0.398 e. The molecule has 0 heterocycles. The van der Waals surface area contributed by atoms with Crippen LogP contribution in [0.2, 0.25) is 0 Å². The number of aliphatic hydroxyl groups is 2. The Hall–Kier alpha value is -2.25. The standard InChI is InChI=1S/C26H35F3N2O2/c1-15-11-21(30)19(23(3,4)32)13-17(15)25(9-7-6-8-10-25)18-14-20(22(31)12-16(18)2)24(5,33)26(27,28)29/h11-14,32-33H,6-10,30-31H2,1-5H3. The van der Waals surface area contributed by atoms with Gasteiger partial charge in [-0.25, -0.2) is 0 Å². The van der Waals surface area contributed by atoms with Crippen molar-refractivity contribution in [2.24, 2.45) is 0 Å². The van der Waals surface area contributed by atoms with E-state index in [1.54, 1.807) is 13.8 Å². The van der Waals surface area contributed by atoms with Gasteiger partial charge in [0.2, 0.25) is 0 Å². The molecule has 0 amide bonds. The summed E-state index contributed by atoms with van der Waals surface area (Å²) in [6.45, 7) is 7.86. The van der Waals surface area contributed by atoms with Crippen LogP contribution in [0.1, 0.15) is 86.3 Å². The highest BCUT2D eigenvalue weighted by Gasteiger charge is 2.53. The average molecular weight is 465 g/mol. The van der Waals surface area contributed by atoms with E-state index in [2.05, 4.69) is 0 Å². The van der Waals surface area contributed by atoms with Crippen molar-refractivity contribution >= 4 is 11.4 Å². The maximum absolute atomic E-state index is 13.7. The van der Waals surface area contributed by atoms with E-state index >= 15 is 0 Å². The van der Waals surface area contributed by atoms with Crippen molar-refractivity contribution < 1.29 is 23.4 Å². The molecule has 0 aliphatic heterocycles. The number of halogens is 3. The Labute approximate surface area is 193 Å². The zero-order valence-electron chi connectivity index (χ0n) is 20.0. The molecule has 1 aliphatic carbocycles. The SMILES string of the molecule is Cc1cc(N)c(C(C)(C)O)cc1C1(c2cc(C(C)(O)C(F)(F)F)c(N)cc2C)CCCCC1. The summed E-state index contributed by atoms with van der Waals surface area (Å²) in [7, 11) is 0. The summed E-state index contributed by atoms with van der Waals surface area (Å²) in [5.41, 5.74) is 11.4. The molecule has 0 spiro atoms. The van der Waals surface area contributed by atoms with Crippen molar-refractivity contribution in [2.75, 3.05) is 11.5 Å². The van der Waals surface area contributed by atoms with Crippen LogP contribution in [0.3, 0.4) is 0 Å². The van der Waals surface area contributed by atoms with E-state index < -0.39 is 22.8 Å². The first kappa shape index (κ1) is 25.4. The molecule has 3 rings (SSSR count). The summed E-state index contributed by atoms with van der Waals surface area (Å²) in [6, 6.07) is 6.72. The number of nitrogen functional groups attached to an aromatic ring is 2. The molecule has 33 heavy (non-hydrogen) atoms. The summed E-state index contributed by atoms with van der Waals surface area (Å²) in [5.74, 6) is 0. The molecule has 1 unspecified atom stereocenters. The van der Waals surface area contributed by atoms with Gasteiger partial charge in [0.15, 0.2) is 5.60 Å². The fourth-order valence-corrected chi connectivity index (χ4v) is 5.43. The van der Waals surface area contributed by atoms with Crippen molar-refractivity contribution in [3.8, 4) is 0 Å². The normalized spacial score (nSPS) is 18.7. The van der Waals surface area contributed by atoms with E-state index in [1.807, 2.05) is 26.0 Å². The summed E-state index contributed by atoms with van der Waals surface area (Å²) in [6.07, 6.45) is -0.538. The van der Waals surface area contributed by atoms with Crippen molar-refractivity contribution in [2.45, 2.75) is 89.5 Å². The fourth-order valence-electron chi connectivity index (χ4n) is 5.43. The van der Waals surface area contributed by atoms with Crippen LogP contribution in [0.25, 0.3) is 0 Å². The van der Waals surface area contributed by atoms with Crippen molar-refractivity contribution in [1.82, 2.24) is 0 Å². The van der Waals surface area contributed by atoms with Crippen LogP contribution >= 0.6 is 0 Å². The van der Waals surface area contributed by atoms with Gasteiger partial charge in [-0.05, 0) is 94.0 Å². The molecule has 182 valence electrons. The van der Waals surface area contributed by atoms with Crippen LogP contribution in [0.5, 0.6) is 0 Å². The first-order valence-electron chi connectivity index (χ1n) is 11.4. The lowest BCUT2D eigenvalue weighted by Crippen LogP contribution is -2.40. The van der Waals surface area contributed by atoms with Gasteiger partial charge in [0.25, 0.3) is 0 Å². The molecule has 2 aromatic rings. The Morgan fingerprint density at radius 3 is 1.61 bits per heavy atom. The van der Waals surface area contributed by atoms with Gasteiger partial charge in [0.1, 0.15) is 0 Å². The van der Waals surface area contributed by atoms with Gasteiger partial charge >= 0.3 is 6.18 Å². The second kappa shape index (κ2) is 8.20. The minimum absolute atomic E-state index is 0.0873. The van der Waals surface area contributed by atoms with Crippen molar-refractivity contribution in [3.05, 3.63) is 57.6 Å². The second-order valence-corrected chi connectivity index (χ2v) is 10.3. The molecule has 0 bridgehead atoms. The number of hydrogen-bond donors (Lipinski definition) is 4. The quantitative estimate of drug-likeness (QED) is 0.436. The third kappa shape index (κ3) is 4.33. The molecule has 1 atom stereocenters. The zero-order chi connectivity index (χ0) is 25.0. The predicted molar refractivity (Wildman–Crippen MR) is 126 cm³/mol. The first-order valence-corrected chi connectivity index (χ1v) is 11.4. The minimum atomic E-state index is -4.88. The summed E-state index contributed by atoms with van der Waals surface area (Å²) < 4.78 is 41.2. The third-order valence-corrected chi connectivity index (χ3v) is 7.27. The van der Waals surface area contributed by atoms with E-state index in [0.29, 0.717) is 11.3 Å². The number of alkyl halides is 3. The van der Waals surface area contributed by atoms with Crippen molar-refractivity contribution in [3.63, 3.8) is 0 Å². The number of aryl methyl sites for hydroxylation is 2. The van der Waals surface area contributed by atoms with Gasteiger partial charge in [0, 0.05) is 27.9 Å². The lowest BCUT2D eigenvalue weighted by atomic mass is 9.62. The molecule has 7 heteroatoms. The Balaban J connectivity index is 2.35. The number of anilines is 2. The van der Waals surface area contributed by atoms with Gasteiger partial charge < -0.3 is 21.7 Å². The lowest BCUT2D eigenvalue weighted by molar-refractivity contribution is -0.258. The molecular formula is C26H35F3N2O2. The summed E-state index contributed by atoms with van der Waals surface area (Å²) in [4.78, 5) is 0. The first-order chi connectivity index (χ1) is 15.0. The van der Waals surface area contributed by atoms with E-state index in [4.69, 9.17) is 11.5 Å². The van der Waals surface area contributed by atoms with Crippen LogP contribution in [0, 0.1) is 13.8 Å². The van der Waals surface area contributed by atoms with Gasteiger partial charge in [-0.2, -0.15) is 13.2 Å². The molecule has 0 radical (unpaired) electrons. The Kier molecular flexibility index (Phi) is 6.31. The molecule has 6 N–H and O–H groups in total. The van der Waals surface area contributed by atoms with Crippen LogP contribution in [-0.4, -0.2) is 16.4 Å². The van der Waals surface area contributed by atoms with E-state index in [1.165, 1.54) is 12.1 Å². The van der Waals surface area contributed by atoms with Crippen molar-refractivity contribution in [1.29, 1.82) is 0 Å². The number of benzene rings is 2. The van der Waals surface area contributed by atoms with E-state index in [-0.39, 0.29) is 11.3 Å². The monoisotopic (exact) mass is 464 g/mol. The smallest absolute Gasteiger partial charge is 0.398 e. The summed E-state index contributed by atoms with van der Waals surface area (Å²) >= 11 is 0. The molecular weight excluding hydrogens is 429 g/mol. The molecule has 0 aromatic heterocycles. The van der Waals surface area contributed by atoms with Gasteiger partial charge in [-0.1, -0.05) is 19.3 Å². The molecule has 2 aromatic carbocycles. The number of nitrogens with two attached hydrogens (primary N) is 2. The van der Waals surface area contributed by atoms with E-state index in [0.717, 1.165) is 61.3 Å². The van der Waals surface area contributed by atoms with Gasteiger partial charge in [0.05, 0.1) is 5.60 Å². The molecule has 1 aliphatic rings. The average Bonchev–Trinajstić information content (AvgIpc) is 2.66. The Bertz CT molecular complexity index is 1050. The highest BCUT2D eigenvalue weighted by atomic mass is 19.4. The van der Waals surface area contributed by atoms with Crippen LogP contribution in [0.4, 0.5) is 24.5 Å². The zero-order valence-corrected chi connectivity index (χ0v) is 20.0. The number of rotatable bonds is 4. The van der Waals surface area contributed by atoms with Gasteiger partial charge in [-0.15, -0.1) is 0 Å². The highest BCUT2D eigenvalue weighted by Crippen LogP contribution is 2.51. The molecule has 1 fully saturated rings. The maximum Gasteiger partial charge on any atom is 0.421 e. The molecule has 4 nitrogen and oxygen atoms in total. The lowest BCUT2D eigenvalue weighted by Gasteiger charge is -2.42. The fraction of sp³-hybridized carbons (Fsp3) is 0.538. The van der Waals surface area contributed by atoms with Gasteiger partial charge in [-0.3, -0.25) is 0 Å². The Morgan fingerprint density at radius 1 is 0.758 bits per heavy atom. The Morgan fingerprint density at radius 2 is 1.18 bits per heavy atom. The number of hydrogen-bond acceptors (Lipinski definition) is 4. The maximum atomic E-state index is 13.7. The largest absolute Gasteiger partial charge is 0.421 e. The van der Waals surface area contributed by atoms with Crippen LogP contribution < -0.4 is 11.5 Å². The summed E-state index contributed by atoms with van der Waals surface area (Å²) in [5, 5.41) is 21.2. The topological polar surface area (TPSA) is 92.5 Å². The third-order valence-electron chi connectivity index (χ3n) is 7.27. The van der Waals surface area contributed by atoms with Crippen LogP contribution in [-0.2, 0) is 16.6 Å². The second-order valence-electron chi connectivity index (χ2n) is 10.3.